The first-order valence-electron chi connectivity index (χ1n) is 11.0. The highest BCUT2D eigenvalue weighted by Crippen LogP contribution is 2.42. The van der Waals surface area contributed by atoms with Crippen molar-refractivity contribution in [1.82, 2.24) is 10.2 Å². The molecule has 8 nitrogen and oxygen atoms in total. The quantitative estimate of drug-likeness (QED) is 0.399. The molecule has 0 bridgehead atoms. The van der Waals surface area contributed by atoms with E-state index in [2.05, 4.69) is 11.4 Å². The van der Waals surface area contributed by atoms with Gasteiger partial charge in [-0.3, -0.25) is 14.4 Å². The largest absolute Gasteiger partial charge is 0.492 e. The number of allylic oxidation sites excluding steroid dienone is 1. The molecular weight excluding hydrogens is 478 g/mol. The number of esters is 1. The monoisotopic (exact) mass is 507 g/mol. The van der Waals surface area contributed by atoms with Crippen LogP contribution in [0.2, 0.25) is 5.02 Å². The number of rotatable bonds is 9. The fourth-order valence-corrected chi connectivity index (χ4v) is 5.20. The summed E-state index contributed by atoms with van der Waals surface area (Å²) < 4.78 is 10.3. The first-order chi connectivity index (χ1) is 16.1. The van der Waals surface area contributed by atoms with Crippen LogP contribution in [0.1, 0.15) is 46.1 Å². The number of nitriles is 1. The Morgan fingerprint density at radius 2 is 1.91 bits per heavy atom. The number of ether oxygens (including phenoxy) is 2. The normalized spacial score (nSPS) is 17.9. The number of benzene rings is 1. The molecule has 0 aliphatic carbocycles. The van der Waals surface area contributed by atoms with Crippen LogP contribution in [0.15, 0.2) is 28.8 Å². The molecule has 1 heterocycles. The second-order valence-corrected chi connectivity index (χ2v) is 9.62. The van der Waals surface area contributed by atoms with E-state index in [4.69, 9.17) is 21.1 Å². The number of carbonyl (C=O) groups excluding carboxylic acids is 3. The highest BCUT2D eigenvalue weighted by atomic mass is 35.5. The Balaban J connectivity index is 2.50. The molecule has 1 aliphatic heterocycles. The third kappa shape index (κ3) is 6.05. The van der Waals surface area contributed by atoms with Gasteiger partial charge in [-0.1, -0.05) is 29.4 Å². The molecule has 1 N–H and O–H groups in total. The lowest BCUT2D eigenvalue weighted by atomic mass is 9.78. The molecule has 0 saturated carbocycles. The molecule has 2 amide bonds. The van der Waals surface area contributed by atoms with Crippen molar-refractivity contribution < 1.29 is 23.9 Å². The van der Waals surface area contributed by atoms with Crippen LogP contribution in [0.3, 0.4) is 0 Å². The number of hydrogen-bond donors (Lipinski definition) is 1. The van der Waals surface area contributed by atoms with E-state index in [-0.39, 0.29) is 34.3 Å². The second-order valence-electron chi connectivity index (χ2n) is 8.22. The minimum atomic E-state index is -1.28. The zero-order chi connectivity index (χ0) is 25.6. The second kappa shape index (κ2) is 12.1. The summed E-state index contributed by atoms with van der Waals surface area (Å²) in [5.74, 6) is -3.24. The average molecular weight is 508 g/mol. The Kier molecular flexibility index (Phi) is 9.83. The SMILES string of the molecule is CCOc1ccc([C@H]2C(C#N)=C(SCC(=O)N(C(C)C)C(C)C)NC(=O)[C@@H]2C(=O)OC)cc1Cl. The van der Waals surface area contributed by atoms with Crippen LogP contribution in [-0.4, -0.2) is 54.2 Å². The maximum Gasteiger partial charge on any atom is 0.319 e. The van der Waals surface area contributed by atoms with Gasteiger partial charge in [-0.25, -0.2) is 0 Å². The Hall–Kier alpha value is -2.70. The molecule has 0 fully saturated rings. The molecule has 2 atom stereocenters. The molecule has 1 aliphatic rings. The van der Waals surface area contributed by atoms with Crippen molar-refractivity contribution in [3.8, 4) is 11.8 Å². The van der Waals surface area contributed by atoms with Crippen LogP contribution >= 0.6 is 23.4 Å². The first-order valence-corrected chi connectivity index (χ1v) is 12.3. The third-order valence-corrected chi connectivity index (χ3v) is 6.64. The van der Waals surface area contributed by atoms with Gasteiger partial charge in [0, 0.05) is 18.0 Å². The van der Waals surface area contributed by atoms with Crippen LogP contribution in [0.5, 0.6) is 5.75 Å². The highest BCUT2D eigenvalue weighted by Gasteiger charge is 2.44. The first kappa shape index (κ1) is 27.5. The Morgan fingerprint density at radius 1 is 1.26 bits per heavy atom. The van der Waals surface area contributed by atoms with E-state index < -0.39 is 23.7 Å². The summed E-state index contributed by atoms with van der Waals surface area (Å²) in [7, 11) is 1.18. The van der Waals surface area contributed by atoms with Crippen molar-refractivity contribution in [3.05, 3.63) is 39.4 Å². The summed E-state index contributed by atoms with van der Waals surface area (Å²) in [4.78, 5) is 40.1. The Labute approximate surface area is 209 Å². The molecular formula is C24H30ClN3O5S. The summed E-state index contributed by atoms with van der Waals surface area (Å²) in [6.45, 7) is 9.95. The molecule has 184 valence electrons. The van der Waals surface area contributed by atoms with E-state index in [9.17, 15) is 19.6 Å². The maximum atomic E-state index is 13.0. The van der Waals surface area contributed by atoms with Gasteiger partial charge in [-0.2, -0.15) is 5.26 Å². The summed E-state index contributed by atoms with van der Waals surface area (Å²) in [5, 5.41) is 13.2. The molecule has 0 spiro atoms. The zero-order valence-corrected chi connectivity index (χ0v) is 21.7. The molecule has 0 unspecified atom stereocenters. The molecule has 2 rings (SSSR count). The molecule has 34 heavy (non-hydrogen) atoms. The van der Waals surface area contributed by atoms with E-state index >= 15 is 0 Å². The number of thioether (sulfide) groups is 1. The summed E-state index contributed by atoms with van der Waals surface area (Å²) >= 11 is 7.42. The third-order valence-electron chi connectivity index (χ3n) is 5.34. The van der Waals surface area contributed by atoms with Crippen molar-refractivity contribution in [1.29, 1.82) is 5.26 Å². The lowest BCUT2D eigenvalue weighted by molar-refractivity contribution is -0.150. The molecule has 0 radical (unpaired) electrons. The van der Waals surface area contributed by atoms with Crippen LogP contribution in [0, 0.1) is 17.2 Å². The van der Waals surface area contributed by atoms with E-state index in [1.54, 1.807) is 23.1 Å². The lowest BCUT2D eigenvalue weighted by Crippen LogP contribution is -2.45. The van der Waals surface area contributed by atoms with Crippen LogP contribution in [-0.2, 0) is 19.1 Å². The Bertz CT molecular complexity index is 1010. The smallest absolute Gasteiger partial charge is 0.319 e. The van der Waals surface area contributed by atoms with Gasteiger partial charge >= 0.3 is 5.97 Å². The molecule has 1 aromatic rings. The topological polar surface area (TPSA) is 109 Å². The van der Waals surface area contributed by atoms with Crippen molar-refractivity contribution in [3.63, 3.8) is 0 Å². The minimum absolute atomic E-state index is 0.000846. The van der Waals surface area contributed by atoms with Gasteiger partial charge in [-0.15, -0.1) is 0 Å². The highest BCUT2D eigenvalue weighted by molar-refractivity contribution is 8.03. The van der Waals surface area contributed by atoms with Gasteiger partial charge in [0.25, 0.3) is 0 Å². The average Bonchev–Trinajstić information content (AvgIpc) is 2.77. The van der Waals surface area contributed by atoms with Crippen molar-refractivity contribution in [2.75, 3.05) is 19.5 Å². The molecule has 0 saturated heterocycles. The van der Waals surface area contributed by atoms with E-state index in [1.807, 2.05) is 34.6 Å². The van der Waals surface area contributed by atoms with E-state index in [0.29, 0.717) is 22.9 Å². The van der Waals surface area contributed by atoms with Gasteiger partial charge in [-0.05, 0) is 52.3 Å². The van der Waals surface area contributed by atoms with Gasteiger partial charge < -0.3 is 19.7 Å². The number of nitrogens with one attached hydrogen (secondary N) is 1. The van der Waals surface area contributed by atoms with Crippen molar-refractivity contribution in [2.24, 2.45) is 5.92 Å². The van der Waals surface area contributed by atoms with Crippen molar-refractivity contribution in [2.45, 2.75) is 52.6 Å². The predicted molar refractivity (Wildman–Crippen MR) is 131 cm³/mol. The maximum absolute atomic E-state index is 13.0. The van der Waals surface area contributed by atoms with E-state index in [0.717, 1.165) is 11.8 Å². The summed E-state index contributed by atoms with van der Waals surface area (Å²) in [6, 6.07) is 7.01. The van der Waals surface area contributed by atoms with E-state index in [1.165, 1.54) is 7.11 Å². The summed E-state index contributed by atoms with van der Waals surface area (Å²) in [5.41, 5.74) is 0.652. The predicted octanol–water partition coefficient (Wildman–Crippen LogP) is 3.86. The molecule has 10 heteroatoms. The minimum Gasteiger partial charge on any atom is -0.492 e. The van der Waals surface area contributed by atoms with Gasteiger partial charge in [0.2, 0.25) is 11.8 Å². The fourth-order valence-electron chi connectivity index (χ4n) is 4.04. The zero-order valence-electron chi connectivity index (χ0n) is 20.2. The Morgan fingerprint density at radius 3 is 2.41 bits per heavy atom. The lowest BCUT2D eigenvalue weighted by Gasteiger charge is -2.32. The van der Waals surface area contributed by atoms with Gasteiger partial charge in [0.15, 0.2) is 0 Å². The van der Waals surface area contributed by atoms with Crippen LogP contribution in [0.4, 0.5) is 0 Å². The molecule has 0 aromatic heterocycles. The van der Waals surface area contributed by atoms with Gasteiger partial charge in [0.1, 0.15) is 11.7 Å². The van der Waals surface area contributed by atoms with Crippen molar-refractivity contribution >= 4 is 41.1 Å². The van der Waals surface area contributed by atoms with Crippen LogP contribution < -0.4 is 10.1 Å². The number of nitrogens with zero attached hydrogens (tertiary/aromatic N) is 2. The number of hydrogen-bond acceptors (Lipinski definition) is 7. The number of carbonyl (C=O) groups is 3. The number of methoxy groups -OCH3 is 1. The van der Waals surface area contributed by atoms with Crippen LogP contribution in [0.25, 0.3) is 0 Å². The number of amides is 2. The summed E-state index contributed by atoms with van der Waals surface area (Å²) in [6.07, 6.45) is 0. The number of halogens is 1. The molecule has 1 aromatic carbocycles. The standard InChI is InChI=1S/C24H30ClN3O5S/c1-7-33-18-9-8-15(10-17(18)25)20-16(11-26)23(27-22(30)21(20)24(31)32-6)34-12-19(29)28(13(2)3)14(4)5/h8-10,13-14,20-21H,7,12H2,1-6H3,(H,27,30)/t20-,21+/m0/s1. The van der Waals surface area contributed by atoms with Gasteiger partial charge in [0.05, 0.1) is 41.2 Å². The fraction of sp³-hybridized carbons (Fsp3) is 0.500.